The van der Waals surface area contributed by atoms with Crippen LogP contribution in [0.5, 0.6) is 0 Å². The predicted octanol–water partition coefficient (Wildman–Crippen LogP) is -0.351. The summed E-state index contributed by atoms with van der Waals surface area (Å²) in [7, 11) is 3.30. The summed E-state index contributed by atoms with van der Waals surface area (Å²) in [6.45, 7) is 2.74. The molecule has 1 aliphatic rings. The fraction of sp³-hybridized carbons (Fsp3) is 0.471. The quantitative estimate of drug-likeness (QED) is 0.800. The Morgan fingerprint density at radius 2 is 1.67 bits per heavy atom. The van der Waals surface area contributed by atoms with Crippen LogP contribution in [0, 0.1) is 0 Å². The highest BCUT2D eigenvalue weighted by molar-refractivity contribution is 5.94. The van der Waals surface area contributed by atoms with Crippen LogP contribution in [0.15, 0.2) is 30.3 Å². The first-order valence-electron chi connectivity index (χ1n) is 8.01. The van der Waals surface area contributed by atoms with Crippen molar-refractivity contribution >= 4 is 17.7 Å². The van der Waals surface area contributed by atoms with Gasteiger partial charge < -0.3 is 15.1 Å². The molecular weight excluding hydrogens is 308 g/mol. The van der Waals surface area contributed by atoms with E-state index in [1.165, 1.54) is 4.90 Å². The summed E-state index contributed by atoms with van der Waals surface area (Å²) in [5.74, 6) is -0.286. The van der Waals surface area contributed by atoms with Crippen molar-refractivity contribution in [1.82, 2.24) is 20.0 Å². The van der Waals surface area contributed by atoms with E-state index in [-0.39, 0.29) is 30.8 Å². The number of nitrogens with zero attached hydrogens (tertiary/aromatic N) is 3. The third kappa shape index (κ3) is 5.06. The summed E-state index contributed by atoms with van der Waals surface area (Å²) in [5, 5.41) is 2.62. The maximum atomic E-state index is 12.4. The average molecular weight is 332 g/mol. The molecule has 1 aromatic carbocycles. The van der Waals surface area contributed by atoms with Gasteiger partial charge in [-0.2, -0.15) is 0 Å². The van der Waals surface area contributed by atoms with Gasteiger partial charge in [0.25, 0.3) is 5.91 Å². The van der Waals surface area contributed by atoms with E-state index in [9.17, 15) is 14.4 Å². The number of piperazine rings is 1. The highest BCUT2D eigenvalue weighted by Crippen LogP contribution is 2.08. The smallest absolute Gasteiger partial charge is 0.253 e. The van der Waals surface area contributed by atoms with Gasteiger partial charge in [-0.05, 0) is 12.1 Å². The summed E-state index contributed by atoms with van der Waals surface area (Å²) in [6.07, 6.45) is 0. The first kappa shape index (κ1) is 17.9. The molecule has 0 spiro atoms. The summed E-state index contributed by atoms with van der Waals surface area (Å²) in [4.78, 5) is 40.9. The van der Waals surface area contributed by atoms with Gasteiger partial charge in [-0.3, -0.25) is 19.3 Å². The van der Waals surface area contributed by atoms with Crippen LogP contribution >= 0.6 is 0 Å². The summed E-state index contributed by atoms with van der Waals surface area (Å²) < 4.78 is 0. The van der Waals surface area contributed by atoms with E-state index in [1.54, 1.807) is 19.0 Å². The third-order valence-electron chi connectivity index (χ3n) is 3.98. The first-order chi connectivity index (χ1) is 11.5. The van der Waals surface area contributed by atoms with Crippen molar-refractivity contribution in [3.8, 4) is 0 Å². The minimum atomic E-state index is -0.173. The van der Waals surface area contributed by atoms with E-state index >= 15 is 0 Å². The summed E-state index contributed by atoms with van der Waals surface area (Å²) in [5.41, 5.74) is 0.686. The summed E-state index contributed by atoms with van der Waals surface area (Å²) in [6, 6.07) is 9.20. The Morgan fingerprint density at radius 3 is 2.25 bits per heavy atom. The van der Waals surface area contributed by atoms with Gasteiger partial charge in [0.15, 0.2) is 0 Å². The lowest BCUT2D eigenvalue weighted by Gasteiger charge is -2.34. The zero-order valence-corrected chi connectivity index (χ0v) is 14.2. The van der Waals surface area contributed by atoms with E-state index in [2.05, 4.69) is 5.32 Å². The second-order valence-corrected chi connectivity index (χ2v) is 6.00. The molecule has 1 saturated heterocycles. The van der Waals surface area contributed by atoms with Gasteiger partial charge in [-0.25, -0.2) is 0 Å². The molecule has 130 valence electrons. The molecule has 0 aromatic heterocycles. The lowest BCUT2D eigenvalue weighted by atomic mass is 10.2. The number of carbonyl (C=O) groups is 3. The molecule has 1 N–H and O–H groups in total. The van der Waals surface area contributed by atoms with Gasteiger partial charge in [0, 0.05) is 45.8 Å². The van der Waals surface area contributed by atoms with Crippen molar-refractivity contribution in [1.29, 1.82) is 0 Å². The number of amides is 3. The third-order valence-corrected chi connectivity index (χ3v) is 3.98. The normalized spacial score (nSPS) is 15.0. The highest BCUT2D eigenvalue weighted by Gasteiger charge is 2.23. The SMILES string of the molecule is CN(C)C(=O)CNC(=O)CN1CCN(C(=O)c2ccccc2)CC1. The Morgan fingerprint density at radius 1 is 1.04 bits per heavy atom. The molecule has 2 rings (SSSR count). The molecule has 0 bridgehead atoms. The second-order valence-electron chi connectivity index (χ2n) is 6.00. The van der Waals surface area contributed by atoms with Crippen LogP contribution in [-0.4, -0.2) is 85.8 Å². The fourth-order valence-electron chi connectivity index (χ4n) is 2.46. The highest BCUT2D eigenvalue weighted by atomic mass is 16.2. The van der Waals surface area contributed by atoms with Crippen LogP contribution in [0.2, 0.25) is 0 Å². The van der Waals surface area contributed by atoms with Crippen LogP contribution in [-0.2, 0) is 9.59 Å². The number of nitrogens with one attached hydrogen (secondary N) is 1. The second kappa shape index (κ2) is 8.44. The van der Waals surface area contributed by atoms with E-state index in [0.717, 1.165) is 0 Å². The first-order valence-corrected chi connectivity index (χ1v) is 8.01. The Hall–Kier alpha value is -2.41. The van der Waals surface area contributed by atoms with Crippen LogP contribution < -0.4 is 5.32 Å². The topological polar surface area (TPSA) is 73.0 Å². The van der Waals surface area contributed by atoms with Crippen molar-refractivity contribution in [2.75, 3.05) is 53.4 Å². The molecule has 1 heterocycles. The molecule has 0 aliphatic carbocycles. The van der Waals surface area contributed by atoms with E-state index in [4.69, 9.17) is 0 Å². The van der Waals surface area contributed by atoms with Crippen molar-refractivity contribution in [3.63, 3.8) is 0 Å². The Balaban J connectivity index is 1.74. The van der Waals surface area contributed by atoms with E-state index < -0.39 is 0 Å². The minimum Gasteiger partial charge on any atom is -0.347 e. The average Bonchev–Trinajstić information content (AvgIpc) is 2.60. The largest absolute Gasteiger partial charge is 0.347 e. The molecule has 1 aliphatic heterocycles. The Bertz CT molecular complexity index is 581. The van der Waals surface area contributed by atoms with E-state index in [0.29, 0.717) is 31.7 Å². The maximum absolute atomic E-state index is 12.4. The minimum absolute atomic E-state index is 0.0122. The van der Waals surface area contributed by atoms with E-state index in [1.807, 2.05) is 35.2 Å². The molecule has 1 fully saturated rings. The van der Waals surface area contributed by atoms with Gasteiger partial charge in [0.1, 0.15) is 0 Å². The molecule has 0 saturated carbocycles. The standard InChI is InChI=1S/C17H24N4O3/c1-19(2)16(23)12-18-15(22)13-20-8-10-21(11-9-20)17(24)14-6-4-3-5-7-14/h3-7H,8-13H2,1-2H3,(H,18,22). The number of rotatable bonds is 5. The van der Waals surface area contributed by atoms with Crippen LogP contribution in [0.1, 0.15) is 10.4 Å². The van der Waals surface area contributed by atoms with Crippen molar-refractivity contribution in [2.45, 2.75) is 0 Å². The van der Waals surface area contributed by atoms with Gasteiger partial charge in [0.2, 0.25) is 11.8 Å². The molecule has 0 atom stereocenters. The van der Waals surface area contributed by atoms with Crippen molar-refractivity contribution in [3.05, 3.63) is 35.9 Å². The summed E-state index contributed by atoms with van der Waals surface area (Å²) >= 11 is 0. The molecule has 24 heavy (non-hydrogen) atoms. The molecule has 1 aromatic rings. The Kier molecular flexibility index (Phi) is 6.31. The number of hydrogen-bond acceptors (Lipinski definition) is 4. The molecule has 3 amide bonds. The molecule has 0 unspecified atom stereocenters. The molecule has 7 nitrogen and oxygen atoms in total. The van der Waals surface area contributed by atoms with Crippen molar-refractivity contribution in [2.24, 2.45) is 0 Å². The molecule has 7 heteroatoms. The maximum Gasteiger partial charge on any atom is 0.253 e. The van der Waals surface area contributed by atoms with Crippen LogP contribution in [0.4, 0.5) is 0 Å². The van der Waals surface area contributed by atoms with Gasteiger partial charge in [-0.15, -0.1) is 0 Å². The molecular formula is C17H24N4O3. The Labute approximate surface area is 142 Å². The number of benzene rings is 1. The zero-order valence-electron chi connectivity index (χ0n) is 14.2. The van der Waals surface area contributed by atoms with Gasteiger partial charge in [0.05, 0.1) is 13.1 Å². The van der Waals surface area contributed by atoms with Gasteiger partial charge in [-0.1, -0.05) is 18.2 Å². The van der Waals surface area contributed by atoms with Crippen molar-refractivity contribution < 1.29 is 14.4 Å². The van der Waals surface area contributed by atoms with Gasteiger partial charge >= 0.3 is 0 Å². The van der Waals surface area contributed by atoms with Crippen LogP contribution in [0.25, 0.3) is 0 Å². The monoisotopic (exact) mass is 332 g/mol. The fourth-order valence-corrected chi connectivity index (χ4v) is 2.46. The number of likely N-dealkylation sites (N-methyl/N-ethyl adjacent to an activating group) is 1. The van der Waals surface area contributed by atoms with Crippen LogP contribution in [0.3, 0.4) is 0 Å². The number of hydrogen-bond donors (Lipinski definition) is 1. The lowest BCUT2D eigenvalue weighted by molar-refractivity contribution is -0.131. The number of carbonyl (C=O) groups excluding carboxylic acids is 3. The molecule has 0 radical (unpaired) electrons. The zero-order chi connectivity index (χ0) is 17.5. The lowest BCUT2D eigenvalue weighted by Crippen LogP contribution is -2.51. The predicted molar refractivity (Wildman–Crippen MR) is 90.5 cm³/mol.